The smallest absolute Gasteiger partial charge is 0.364 e. The van der Waals surface area contributed by atoms with E-state index in [0.717, 1.165) is 25.9 Å². The number of fused-ring (bicyclic) bond motifs is 2. The van der Waals surface area contributed by atoms with Gasteiger partial charge in [0.25, 0.3) is 5.91 Å². The second-order valence-electron chi connectivity index (χ2n) is 9.30. The van der Waals surface area contributed by atoms with E-state index >= 15 is 8.78 Å². The molecule has 1 saturated heterocycles. The van der Waals surface area contributed by atoms with Gasteiger partial charge in [-0.05, 0) is 67.9 Å². The monoisotopic (exact) mass is 519 g/mol. The van der Waals surface area contributed by atoms with Crippen LogP contribution in [0, 0.1) is 0 Å². The van der Waals surface area contributed by atoms with Gasteiger partial charge < -0.3 is 29.4 Å². The number of amides is 1. The van der Waals surface area contributed by atoms with Crippen molar-refractivity contribution < 1.29 is 28.2 Å². The van der Waals surface area contributed by atoms with Crippen molar-refractivity contribution in [3.63, 3.8) is 0 Å². The van der Waals surface area contributed by atoms with E-state index in [4.69, 9.17) is 21.1 Å². The molecule has 10 heteroatoms. The lowest BCUT2D eigenvalue weighted by molar-refractivity contribution is -0.149. The first-order valence-corrected chi connectivity index (χ1v) is 12.4. The SMILES string of the molecule is Cn1c(C(F)(F)C(=O)N[C@H](CN2CCCC2)[C@@H](O)c2ccc3c(c2)OCCO3)cc2cc(Cl)ccc21. The number of nitrogens with one attached hydrogen (secondary N) is 1. The second kappa shape index (κ2) is 9.88. The Kier molecular flexibility index (Phi) is 6.80. The summed E-state index contributed by atoms with van der Waals surface area (Å²) in [6, 6.07) is 10.1. The fraction of sp³-hybridized carbons (Fsp3) is 0.423. The zero-order valence-electron chi connectivity index (χ0n) is 19.8. The molecule has 2 atom stereocenters. The molecule has 2 aromatic carbocycles. The van der Waals surface area contributed by atoms with Crippen molar-refractivity contribution in [3.05, 3.63) is 58.7 Å². The van der Waals surface area contributed by atoms with Gasteiger partial charge in [-0.25, -0.2) is 0 Å². The van der Waals surface area contributed by atoms with Crippen LogP contribution in [0.2, 0.25) is 5.02 Å². The molecule has 2 aliphatic rings. The van der Waals surface area contributed by atoms with Gasteiger partial charge in [-0.3, -0.25) is 4.79 Å². The summed E-state index contributed by atoms with van der Waals surface area (Å²) in [5, 5.41) is 14.6. The Bertz CT molecular complexity index is 1280. The Morgan fingerprint density at radius 1 is 1.11 bits per heavy atom. The largest absolute Gasteiger partial charge is 0.486 e. The molecule has 2 aliphatic heterocycles. The molecule has 1 aromatic heterocycles. The minimum absolute atomic E-state index is 0.238. The Labute approximate surface area is 212 Å². The molecule has 1 amide bonds. The summed E-state index contributed by atoms with van der Waals surface area (Å²) in [6.07, 6.45) is 0.734. The fourth-order valence-corrected chi connectivity index (χ4v) is 5.12. The van der Waals surface area contributed by atoms with Crippen molar-refractivity contribution in [3.8, 4) is 11.5 Å². The lowest BCUT2D eigenvalue weighted by Gasteiger charge is -2.30. The van der Waals surface area contributed by atoms with E-state index in [1.54, 1.807) is 36.4 Å². The van der Waals surface area contributed by atoms with E-state index < -0.39 is 29.7 Å². The number of rotatable bonds is 7. The number of aryl methyl sites for hydroxylation is 1. The lowest BCUT2D eigenvalue weighted by atomic mass is 10.00. The zero-order valence-corrected chi connectivity index (χ0v) is 20.6. The second-order valence-corrected chi connectivity index (χ2v) is 9.74. The number of nitrogens with zero attached hydrogens (tertiary/aromatic N) is 2. The molecule has 5 rings (SSSR count). The summed E-state index contributed by atoms with van der Waals surface area (Å²) in [5.41, 5.74) is 0.532. The summed E-state index contributed by atoms with van der Waals surface area (Å²) in [7, 11) is 1.48. The predicted molar refractivity (Wildman–Crippen MR) is 132 cm³/mol. The van der Waals surface area contributed by atoms with Crippen molar-refractivity contribution in [1.29, 1.82) is 0 Å². The van der Waals surface area contributed by atoms with Crippen LogP contribution in [0.1, 0.15) is 30.2 Å². The van der Waals surface area contributed by atoms with Crippen molar-refractivity contribution in [2.45, 2.75) is 30.9 Å². The Morgan fingerprint density at radius 2 is 1.83 bits per heavy atom. The van der Waals surface area contributed by atoms with Gasteiger partial charge >= 0.3 is 5.92 Å². The van der Waals surface area contributed by atoms with Crippen LogP contribution in [0.4, 0.5) is 8.78 Å². The van der Waals surface area contributed by atoms with Crippen molar-refractivity contribution >= 4 is 28.4 Å². The first-order chi connectivity index (χ1) is 17.2. The minimum Gasteiger partial charge on any atom is -0.486 e. The standard InChI is InChI=1S/C26H28ClF2N3O4/c1-31-20-6-5-18(27)12-17(20)14-23(31)26(28,29)25(34)30-19(15-32-8-2-3-9-32)24(33)16-4-7-21-22(13-16)36-11-10-35-21/h4-7,12-14,19,24,33H,2-3,8-11,15H2,1H3,(H,30,34)/t19-,24+/m1/s1. The molecule has 0 bridgehead atoms. The molecular weight excluding hydrogens is 492 g/mol. The Morgan fingerprint density at radius 3 is 2.58 bits per heavy atom. The normalized spacial score (nSPS) is 17.8. The number of likely N-dealkylation sites (tertiary alicyclic amines) is 1. The molecule has 0 radical (unpaired) electrons. The number of benzene rings is 2. The molecular formula is C26H28ClF2N3O4. The molecule has 7 nitrogen and oxygen atoms in total. The van der Waals surface area contributed by atoms with E-state index in [2.05, 4.69) is 10.2 Å². The number of carbonyl (C=O) groups excluding carboxylic acids is 1. The third kappa shape index (κ3) is 4.75. The van der Waals surface area contributed by atoms with Crippen LogP contribution in [0.5, 0.6) is 11.5 Å². The number of aliphatic hydroxyl groups excluding tert-OH is 1. The maximum atomic E-state index is 15.5. The Balaban J connectivity index is 1.42. The highest BCUT2D eigenvalue weighted by molar-refractivity contribution is 6.31. The van der Waals surface area contributed by atoms with Crippen LogP contribution in [-0.2, 0) is 17.8 Å². The van der Waals surface area contributed by atoms with Gasteiger partial charge in [-0.2, -0.15) is 8.78 Å². The molecule has 3 aromatic rings. The van der Waals surface area contributed by atoms with E-state index in [9.17, 15) is 9.90 Å². The molecule has 192 valence electrons. The summed E-state index contributed by atoms with van der Waals surface area (Å²) < 4.78 is 43.5. The van der Waals surface area contributed by atoms with Crippen molar-refractivity contribution in [2.24, 2.45) is 7.05 Å². The molecule has 2 N–H and O–H groups in total. The molecule has 36 heavy (non-hydrogen) atoms. The zero-order chi connectivity index (χ0) is 25.4. The van der Waals surface area contributed by atoms with Crippen LogP contribution in [0.15, 0.2) is 42.5 Å². The molecule has 0 unspecified atom stereocenters. The summed E-state index contributed by atoms with van der Waals surface area (Å²) in [4.78, 5) is 15.1. The van der Waals surface area contributed by atoms with Crippen LogP contribution < -0.4 is 14.8 Å². The van der Waals surface area contributed by atoms with Gasteiger partial charge in [0.05, 0.1) is 11.7 Å². The van der Waals surface area contributed by atoms with Crippen LogP contribution in [0.25, 0.3) is 10.9 Å². The van der Waals surface area contributed by atoms with Gasteiger partial charge in [-0.15, -0.1) is 0 Å². The minimum atomic E-state index is -3.84. The molecule has 0 saturated carbocycles. The lowest BCUT2D eigenvalue weighted by Crippen LogP contribution is -2.51. The summed E-state index contributed by atoms with van der Waals surface area (Å²) in [6.45, 7) is 2.60. The van der Waals surface area contributed by atoms with Crippen molar-refractivity contribution in [1.82, 2.24) is 14.8 Å². The third-order valence-electron chi connectivity index (χ3n) is 6.87. The van der Waals surface area contributed by atoms with Gasteiger partial charge in [0.15, 0.2) is 11.5 Å². The maximum absolute atomic E-state index is 15.5. The van der Waals surface area contributed by atoms with Crippen LogP contribution in [0.3, 0.4) is 0 Å². The number of aliphatic hydroxyl groups is 1. The highest BCUT2D eigenvalue weighted by atomic mass is 35.5. The quantitative estimate of drug-likeness (QED) is 0.493. The third-order valence-corrected chi connectivity index (χ3v) is 7.11. The van der Waals surface area contributed by atoms with Gasteiger partial charge in [0.2, 0.25) is 0 Å². The van der Waals surface area contributed by atoms with Gasteiger partial charge in [0, 0.05) is 29.5 Å². The average molecular weight is 520 g/mol. The first kappa shape index (κ1) is 24.8. The van der Waals surface area contributed by atoms with E-state index in [-0.39, 0.29) is 6.54 Å². The average Bonchev–Trinajstić information content (AvgIpc) is 3.50. The number of alkyl halides is 2. The molecule has 0 aliphatic carbocycles. The molecule has 1 fully saturated rings. The highest BCUT2D eigenvalue weighted by Crippen LogP contribution is 2.36. The van der Waals surface area contributed by atoms with E-state index in [1.165, 1.54) is 17.7 Å². The predicted octanol–water partition coefficient (Wildman–Crippen LogP) is 4.01. The number of hydrogen-bond donors (Lipinski definition) is 2. The molecule has 3 heterocycles. The summed E-state index contributed by atoms with van der Waals surface area (Å²) in [5.74, 6) is -4.28. The highest BCUT2D eigenvalue weighted by Gasteiger charge is 2.45. The van der Waals surface area contributed by atoms with Gasteiger partial charge in [0.1, 0.15) is 19.3 Å². The van der Waals surface area contributed by atoms with E-state index in [1.807, 2.05) is 0 Å². The molecule has 0 spiro atoms. The van der Waals surface area contributed by atoms with Crippen molar-refractivity contribution in [2.75, 3.05) is 32.8 Å². The number of ether oxygens (including phenoxy) is 2. The summed E-state index contributed by atoms with van der Waals surface area (Å²) >= 11 is 6.02. The Hall–Kier alpha value is -2.88. The van der Waals surface area contributed by atoms with Crippen LogP contribution >= 0.6 is 11.6 Å². The first-order valence-electron chi connectivity index (χ1n) is 12.0. The number of carbonyl (C=O) groups is 1. The van der Waals surface area contributed by atoms with Crippen LogP contribution in [-0.4, -0.2) is 59.4 Å². The number of aromatic nitrogens is 1. The number of halogens is 3. The maximum Gasteiger partial charge on any atom is 0.364 e. The fourth-order valence-electron chi connectivity index (χ4n) is 4.94. The van der Waals surface area contributed by atoms with Gasteiger partial charge in [-0.1, -0.05) is 17.7 Å². The topological polar surface area (TPSA) is 76.0 Å². The van der Waals surface area contributed by atoms with E-state index in [0.29, 0.717) is 46.2 Å². The number of hydrogen-bond acceptors (Lipinski definition) is 5.